The zero-order valence-electron chi connectivity index (χ0n) is 5.09. The van der Waals surface area contributed by atoms with E-state index in [1.165, 1.54) is 0 Å². The first-order valence-electron chi connectivity index (χ1n) is 3.14. The van der Waals surface area contributed by atoms with Gasteiger partial charge in [-0.05, 0) is 12.8 Å². The van der Waals surface area contributed by atoms with Crippen LogP contribution in [0, 0.1) is 11.8 Å². The third-order valence-electron chi connectivity index (χ3n) is 1.82. The fourth-order valence-corrected chi connectivity index (χ4v) is 1.24. The normalized spacial score (nSPS) is 34.2. The molecule has 1 fully saturated rings. The summed E-state index contributed by atoms with van der Waals surface area (Å²) < 4.78 is 0. The molecule has 0 aromatic carbocycles. The quantitative estimate of drug-likeness (QED) is 0.540. The second-order valence-corrected chi connectivity index (χ2v) is 2.38. The zero-order valence-corrected chi connectivity index (χ0v) is 5.09. The van der Waals surface area contributed by atoms with Crippen LogP contribution in [0.2, 0.25) is 0 Å². The summed E-state index contributed by atoms with van der Waals surface area (Å²) in [5.41, 5.74) is 0. The lowest BCUT2D eigenvalue weighted by Crippen LogP contribution is -2.09. The smallest absolute Gasteiger partial charge is 0.202 e. The Hall–Kier alpha value is -0.660. The molecule has 0 amide bonds. The van der Waals surface area contributed by atoms with Gasteiger partial charge in [-0.15, -0.1) is 0 Å². The molecule has 2 unspecified atom stereocenters. The van der Waals surface area contributed by atoms with Crippen molar-refractivity contribution in [1.29, 1.82) is 0 Å². The SMILES string of the molecule is O=[C]C1CCCC1[C]=O. The maximum absolute atomic E-state index is 10.1. The highest BCUT2D eigenvalue weighted by Gasteiger charge is 2.27. The van der Waals surface area contributed by atoms with Crippen molar-refractivity contribution in [2.45, 2.75) is 19.3 Å². The van der Waals surface area contributed by atoms with Gasteiger partial charge in [-0.25, -0.2) is 0 Å². The minimum absolute atomic E-state index is 0.150. The molecule has 0 spiro atoms. The molecule has 2 nitrogen and oxygen atoms in total. The molecule has 1 rings (SSSR count). The fraction of sp³-hybridized carbons (Fsp3) is 0.714. The zero-order chi connectivity index (χ0) is 6.69. The fourth-order valence-electron chi connectivity index (χ4n) is 1.24. The van der Waals surface area contributed by atoms with Crippen LogP contribution in [0.5, 0.6) is 0 Å². The number of rotatable bonds is 2. The molecule has 0 aromatic rings. The first kappa shape index (κ1) is 6.46. The summed E-state index contributed by atoms with van der Waals surface area (Å²) in [5.74, 6) is -0.301. The van der Waals surface area contributed by atoms with E-state index >= 15 is 0 Å². The van der Waals surface area contributed by atoms with E-state index in [2.05, 4.69) is 0 Å². The molecule has 0 heterocycles. The van der Waals surface area contributed by atoms with Crippen molar-refractivity contribution in [1.82, 2.24) is 0 Å². The van der Waals surface area contributed by atoms with Gasteiger partial charge in [0, 0.05) is 11.8 Å². The van der Waals surface area contributed by atoms with Crippen molar-refractivity contribution in [3.8, 4) is 0 Å². The summed E-state index contributed by atoms with van der Waals surface area (Å²) >= 11 is 0. The van der Waals surface area contributed by atoms with E-state index in [1.807, 2.05) is 12.6 Å². The molecular formula is C7H8O2. The molecule has 2 atom stereocenters. The van der Waals surface area contributed by atoms with E-state index in [1.54, 1.807) is 0 Å². The highest BCUT2D eigenvalue weighted by Crippen LogP contribution is 2.27. The molecule has 0 saturated heterocycles. The molecule has 1 aliphatic rings. The van der Waals surface area contributed by atoms with Gasteiger partial charge in [-0.2, -0.15) is 0 Å². The van der Waals surface area contributed by atoms with Gasteiger partial charge in [0.25, 0.3) is 0 Å². The Morgan fingerprint density at radius 1 is 1.00 bits per heavy atom. The van der Waals surface area contributed by atoms with Gasteiger partial charge in [0.05, 0.1) is 0 Å². The second-order valence-electron chi connectivity index (χ2n) is 2.38. The van der Waals surface area contributed by atoms with Crippen molar-refractivity contribution in [2.75, 3.05) is 0 Å². The van der Waals surface area contributed by atoms with Crippen LogP contribution in [-0.4, -0.2) is 12.6 Å². The first-order valence-corrected chi connectivity index (χ1v) is 3.14. The van der Waals surface area contributed by atoms with Crippen LogP contribution in [0.4, 0.5) is 0 Å². The van der Waals surface area contributed by atoms with E-state index in [0.717, 1.165) is 19.3 Å². The van der Waals surface area contributed by atoms with Crippen molar-refractivity contribution in [3.63, 3.8) is 0 Å². The Morgan fingerprint density at radius 3 is 1.78 bits per heavy atom. The molecule has 0 N–H and O–H groups in total. The van der Waals surface area contributed by atoms with Crippen LogP contribution in [0.15, 0.2) is 0 Å². The van der Waals surface area contributed by atoms with E-state index in [4.69, 9.17) is 0 Å². The molecule has 1 saturated carbocycles. The standard InChI is InChI=1S/C7H8O2/c8-4-6-2-1-3-7(6)5-9/h6-7H,1-3H2. The van der Waals surface area contributed by atoms with E-state index in [-0.39, 0.29) is 11.8 Å². The maximum Gasteiger partial charge on any atom is 0.202 e. The summed E-state index contributed by atoms with van der Waals surface area (Å²) in [7, 11) is 0. The molecule has 0 bridgehead atoms. The molecule has 2 heteroatoms. The van der Waals surface area contributed by atoms with Crippen LogP contribution in [0.1, 0.15) is 19.3 Å². The largest absolute Gasteiger partial charge is 0.291 e. The Balaban J connectivity index is 2.50. The Morgan fingerprint density at radius 2 is 1.44 bits per heavy atom. The molecule has 48 valence electrons. The van der Waals surface area contributed by atoms with Crippen LogP contribution in [0.25, 0.3) is 0 Å². The second kappa shape index (κ2) is 2.76. The van der Waals surface area contributed by atoms with Crippen molar-refractivity contribution < 1.29 is 9.59 Å². The molecular weight excluding hydrogens is 116 g/mol. The summed E-state index contributed by atoms with van der Waals surface area (Å²) in [6.45, 7) is 0. The van der Waals surface area contributed by atoms with Gasteiger partial charge in [0.15, 0.2) is 0 Å². The topological polar surface area (TPSA) is 34.1 Å². The lowest BCUT2D eigenvalue weighted by molar-refractivity contribution is 0.476. The third kappa shape index (κ3) is 1.18. The van der Waals surface area contributed by atoms with E-state index in [9.17, 15) is 9.59 Å². The van der Waals surface area contributed by atoms with Gasteiger partial charge in [-0.3, -0.25) is 9.59 Å². The minimum atomic E-state index is -0.150. The predicted molar refractivity (Wildman–Crippen MR) is 32.2 cm³/mol. The Labute approximate surface area is 54.2 Å². The Bertz CT molecular complexity index is 106. The lowest BCUT2D eigenvalue weighted by Gasteiger charge is -2.00. The highest BCUT2D eigenvalue weighted by atomic mass is 16.1. The highest BCUT2D eigenvalue weighted by molar-refractivity contribution is 5.66. The monoisotopic (exact) mass is 124 g/mol. The van der Waals surface area contributed by atoms with Gasteiger partial charge >= 0.3 is 0 Å². The van der Waals surface area contributed by atoms with Gasteiger partial charge in [0.2, 0.25) is 12.6 Å². The van der Waals surface area contributed by atoms with E-state index < -0.39 is 0 Å². The number of hydrogen-bond donors (Lipinski definition) is 0. The minimum Gasteiger partial charge on any atom is -0.291 e. The van der Waals surface area contributed by atoms with Crippen molar-refractivity contribution in [3.05, 3.63) is 0 Å². The van der Waals surface area contributed by atoms with Crippen LogP contribution < -0.4 is 0 Å². The number of carbonyl (C=O) groups excluding carboxylic acids is 2. The third-order valence-corrected chi connectivity index (χ3v) is 1.82. The van der Waals surface area contributed by atoms with Crippen LogP contribution in [0.3, 0.4) is 0 Å². The average Bonchev–Trinajstić information content (AvgIpc) is 2.33. The predicted octanol–water partition coefficient (Wildman–Crippen LogP) is 0.622. The maximum atomic E-state index is 10.1. The van der Waals surface area contributed by atoms with Gasteiger partial charge in [0.1, 0.15) is 0 Å². The van der Waals surface area contributed by atoms with E-state index in [0.29, 0.717) is 0 Å². The molecule has 9 heavy (non-hydrogen) atoms. The van der Waals surface area contributed by atoms with Crippen LogP contribution >= 0.6 is 0 Å². The van der Waals surface area contributed by atoms with Crippen molar-refractivity contribution >= 4 is 12.6 Å². The summed E-state index contributed by atoms with van der Waals surface area (Å²) in [6, 6.07) is 0. The average molecular weight is 124 g/mol. The molecule has 2 radical (unpaired) electrons. The van der Waals surface area contributed by atoms with Gasteiger partial charge in [-0.1, -0.05) is 6.42 Å². The lowest BCUT2D eigenvalue weighted by atomic mass is 10.00. The van der Waals surface area contributed by atoms with Gasteiger partial charge < -0.3 is 0 Å². The van der Waals surface area contributed by atoms with Crippen molar-refractivity contribution in [2.24, 2.45) is 11.8 Å². The Kier molecular flexibility index (Phi) is 1.98. The molecule has 0 aliphatic heterocycles. The number of hydrogen-bond acceptors (Lipinski definition) is 2. The molecule has 1 aliphatic carbocycles. The van der Waals surface area contributed by atoms with Crippen LogP contribution in [-0.2, 0) is 9.59 Å². The molecule has 0 aromatic heterocycles. The first-order chi connectivity index (χ1) is 4.38. The summed E-state index contributed by atoms with van der Waals surface area (Å²) in [6.07, 6.45) is 6.32. The summed E-state index contributed by atoms with van der Waals surface area (Å²) in [5, 5.41) is 0. The summed E-state index contributed by atoms with van der Waals surface area (Å²) in [4.78, 5) is 20.1.